The van der Waals surface area contributed by atoms with Gasteiger partial charge in [-0.25, -0.2) is 0 Å². The van der Waals surface area contributed by atoms with Crippen molar-refractivity contribution < 1.29 is 4.57 Å². The van der Waals surface area contributed by atoms with Crippen LogP contribution in [0.25, 0.3) is 0 Å². The summed E-state index contributed by atoms with van der Waals surface area (Å²) in [7, 11) is -2.34. The van der Waals surface area contributed by atoms with Crippen LogP contribution in [0.15, 0.2) is 30.3 Å². The third-order valence-corrected chi connectivity index (χ3v) is 6.15. The number of benzene rings is 1. The average molecular weight is 251 g/mol. The van der Waals surface area contributed by atoms with Crippen molar-refractivity contribution in [2.24, 2.45) is 0 Å². The first-order valence-electron chi connectivity index (χ1n) is 4.48. The van der Waals surface area contributed by atoms with E-state index in [0.29, 0.717) is 24.1 Å². The van der Waals surface area contributed by atoms with E-state index in [4.69, 9.17) is 23.2 Å². The zero-order chi connectivity index (χ0) is 10.4. The minimum Gasteiger partial charge on any atom is -0.319 e. The minimum atomic E-state index is -2.34. The van der Waals surface area contributed by atoms with Crippen LogP contribution in [0, 0.1) is 0 Å². The Balaban J connectivity index is 2.94. The third kappa shape index (κ3) is 3.02. The molecule has 1 nitrogen and oxygen atoms in total. The molecule has 0 atom stereocenters. The van der Waals surface area contributed by atoms with Crippen molar-refractivity contribution in [1.82, 2.24) is 0 Å². The fourth-order valence-electron chi connectivity index (χ4n) is 1.34. The van der Waals surface area contributed by atoms with Gasteiger partial charge in [-0.2, -0.15) is 0 Å². The third-order valence-electron chi connectivity index (χ3n) is 2.12. The molecule has 1 aromatic carbocycles. The molecule has 0 fully saturated rings. The van der Waals surface area contributed by atoms with Crippen LogP contribution >= 0.6 is 30.3 Å². The average Bonchev–Trinajstić information content (AvgIpc) is 2.20. The molecule has 0 amide bonds. The number of halogens is 2. The van der Waals surface area contributed by atoms with Crippen LogP contribution in [0.2, 0.25) is 0 Å². The van der Waals surface area contributed by atoms with Crippen molar-refractivity contribution in [3.8, 4) is 0 Å². The predicted octanol–water partition coefficient (Wildman–Crippen LogP) is 3.15. The molecule has 0 aromatic heterocycles. The first-order chi connectivity index (χ1) is 6.73. The Bertz CT molecular complexity index is 303. The minimum absolute atomic E-state index is 0.420. The van der Waals surface area contributed by atoms with E-state index in [2.05, 4.69) is 0 Å². The highest BCUT2D eigenvalue weighted by Crippen LogP contribution is 2.44. The Kier molecular flexibility index (Phi) is 5.01. The molecule has 4 heteroatoms. The van der Waals surface area contributed by atoms with Crippen LogP contribution in [-0.4, -0.2) is 24.1 Å². The standard InChI is InChI=1S/C10H13Cl2OP/c11-6-8-14(13,9-7-12)10-4-2-1-3-5-10/h1-5H,6-9H2. The van der Waals surface area contributed by atoms with E-state index in [1.807, 2.05) is 30.3 Å². The summed E-state index contributed by atoms with van der Waals surface area (Å²) in [5.41, 5.74) is 0. The normalized spacial score (nSPS) is 11.6. The predicted molar refractivity (Wildman–Crippen MR) is 64.9 cm³/mol. The molecule has 0 heterocycles. The van der Waals surface area contributed by atoms with Crippen LogP contribution in [0.4, 0.5) is 0 Å². The van der Waals surface area contributed by atoms with Gasteiger partial charge in [0.2, 0.25) is 0 Å². The topological polar surface area (TPSA) is 17.1 Å². The van der Waals surface area contributed by atoms with E-state index < -0.39 is 7.14 Å². The van der Waals surface area contributed by atoms with Gasteiger partial charge in [0, 0.05) is 29.4 Å². The lowest BCUT2D eigenvalue weighted by molar-refractivity contribution is 0.583. The molecular weight excluding hydrogens is 238 g/mol. The molecule has 0 saturated heterocycles. The molecule has 1 aromatic rings. The molecule has 0 unspecified atom stereocenters. The van der Waals surface area contributed by atoms with Crippen molar-refractivity contribution in [1.29, 1.82) is 0 Å². The molecule has 0 radical (unpaired) electrons. The second-order valence-electron chi connectivity index (χ2n) is 3.05. The first-order valence-corrected chi connectivity index (χ1v) is 7.63. The summed E-state index contributed by atoms with van der Waals surface area (Å²) in [5.74, 6) is 0.839. The highest BCUT2D eigenvalue weighted by molar-refractivity contribution is 7.71. The van der Waals surface area contributed by atoms with Crippen molar-refractivity contribution in [3.05, 3.63) is 30.3 Å². The van der Waals surface area contributed by atoms with Gasteiger partial charge in [0.05, 0.1) is 0 Å². The Morgan fingerprint density at radius 2 is 1.50 bits per heavy atom. The van der Waals surface area contributed by atoms with Gasteiger partial charge in [-0.05, 0) is 0 Å². The molecule has 0 spiro atoms. The number of hydrogen-bond acceptors (Lipinski definition) is 1. The van der Waals surface area contributed by atoms with Crippen LogP contribution < -0.4 is 5.30 Å². The highest BCUT2D eigenvalue weighted by atomic mass is 35.5. The highest BCUT2D eigenvalue weighted by Gasteiger charge is 2.22. The molecule has 0 bridgehead atoms. The Labute approximate surface area is 94.8 Å². The Hall–Kier alpha value is 0.0300. The zero-order valence-electron chi connectivity index (χ0n) is 7.83. The fraction of sp³-hybridized carbons (Fsp3) is 0.400. The lowest BCUT2D eigenvalue weighted by Crippen LogP contribution is -2.12. The van der Waals surface area contributed by atoms with Crippen LogP contribution in [0.1, 0.15) is 0 Å². The molecule has 0 aliphatic heterocycles. The molecular formula is C10H13Cl2OP. The Morgan fingerprint density at radius 1 is 1.00 bits per heavy atom. The summed E-state index contributed by atoms with van der Waals surface area (Å²) in [4.78, 5) is 0. The van der Waals surface area contributed by atoms with Crippen LogP contribution in [0.5, 0.6) is 0 Å². The summed E-state index contributed by atoms with van der Waals surface area (Å²) in [6.07, 6.45) is 1.07. The van der Waals surface area contributed by atoms with Crippen molar-refractivity contribution >= 4 is 35.6 Å². The van der Waals surface area contributed by atoms with E-state index in [9.17, 15) is 4.57 Å². The summed E-state index contributed by atoms with van der Waals surface area (Å²) in [5, 5.41) is 0.890. The zero-order valence-corrected chi connectivity index (χ0v) is 10.2. The van der Waals surface area contributed by atoms with Gasteiger partial charge in [-0.3, -0.25) is 0 Å². The second-order valence-corrected chi connectivity index (χ2v) is 7.00. The maximum Gasteiger partial charge on any atom is 0.117 e. The van der Waals surface area contributed by atoms with E-state index >= 15 is 0 Å². The van der Waals surface area contributed by atoms with E-state index in [0.717, 1.165) is 5.30 Å². The molecule has 0 aliphatic carbocycles. The van der Waals surface area contributed by atoms with E-state index in [-0.39, 0.29) is 0 Å². The van der Waals surface area contributed by atoms with Gasteiger partial charge < -0.3 is 4.57 Å². The SMILES string of the molecule is O=P(CCCl)(CCCl)c1ccccc1. The maximum atomic E-state index is 12.4. The Morgan fingerprint density at radius 3 is 1.93 bits per heavy atom. The van der Waals surface area contributed by atoms with Gasteiger partial charge >= 0.3 is 0 Å². The van der Waals surface area contributed by atoms with Crippen molar-refractivity contribution in [3.63, 3.8) is 0 Å². The molecule has 0 aliphatic rings. The smallest absolute Gasteiger partial charge is 0.117 e. The summed E-state index contributed by atoms with van der Waals surface area (Å²) < 4.78 is 12.4. The quantitative estimate of drug-likeness (QED) is 0.580. The molecule has 0 N–H and O–H groups in total. The van der Waals surface area contributed by atoms with Gasteiger partial charge in [-0.15, -0.1) is 23.2 Å². The van der Waals surface area contributed by atoms with Gasteiger partial charge in [-0.1, -0.05) is 30.3 Å². The molecule has 14 heavy (non-hydrogen) atoms. The maximum absolute atomic E-state index is 12.4. The van der Waals surface area contributed by atoms with Gasteiger partial charge in [0.25, 0.3) is 0 Å². The van der Waals surface area contributed by atoms with Gasteiger partial charge in [0.1, 0.15) is 7.14 Å². The number of rotatable bonds is 5. The number of hydrogen-bond donors (Lipinski definition) is 0. The van der Waals surface area contributed by atoms with E-state index in [1.54, 1.807) is 0 Å². The second kappa shape index (κ2) is 5.80. The molecule has 1 rings (SSSR count). The van der Waals surface area contributed by atoms with Crippen LogP contribution in [0.3, 0.4) is 0 Å². The van der Waals surface area contributed by atoms with E-state index in [1.165, 1.54) is 0 Å². The summed E-state index contributed by atoms with van der Waals surface area (Å²) in [6.45, 7) is 0. The van der Waals surface area contributed by atoms with Crippen molar-refractivity contribution in [2.75, 3.05) is 24.1 Å². The molecule has 78 valence electrons. The number of alkyl halides is 2. The van der Waals surface area contributed by atoms with Crippen molar-refractivity contribution in [2.45, 2.75) is 0 Å². The monoisotopic (exact) mass is 250 g/mol. The largest absolute Gasteiger partial charge is 0.319 e. The summed E-state index contributed by atoms with van der Waals surface area (Å²) in [6, 6.07) is 9.48. The summed E-state index contributed by atoms with van der Waals surface area (Å²) >= 11 is 11.3. The lowest BCUT2D eigenvalue weighted by atomic mass is 10.4. The lowest BCUT2D eigenvalue weighted by Gasteiger charge is -2.15. The fourth-order valence-corrected chi connectivity index (χ4v) is 4.98. The molecule has 0 saturated carbocycles. The van der Waals surface area contributed by atoms with Gasteiger partial charge in [0.15, 0.2) is 0 Å². The first kappa shape index (κ1) is 12.1. The van der Waals surface area contributed by atoms with Crippen LogP contribution in [-0.2, 0) is 4.57 Å².